The first-order valence-corrected chi connectivity index (χ1v) is 7.88. The maximum Gasteiger partial charge on any atom is 0.339 e. The lowest BCUT2D eigenvalue weighted by molar-refractivity contribution is 0.0500. The monoisotopic (exact) mass is 340 g/mol. The molecule has 94 valence electrons. The molecule has 0 N–H and O–H groups in total. The fourth-order valence-electron chi connectivity index (χ4n) is 1.15. The number of hydrogen-bond donors (Lipinski definition) is 0. The van der Waals surface area contributed by atoms with Gasteiger partial charge in [0, 0.05) is 15.2 Å². The number of carbonyl (C=O) groups excluding carboxylic acids is 1. The Labute approximate surface area is 112 Å². The fourth-order valence-corrected chi connectivity index (χ4v) is 2.55. The number of esters is 1. The standard InChI is InChI=1S/C10H10BrClO4S/c1-2-5-16-10(13)8-6-7(11)3-4-9(8)17(12,14)15/h3-4,6H,2,5H2,1H3. The van der Waals surface area contributed by atoms with E-state index in [4.69, 9.17) is 15.4 Å². The summed E-state index contributed by atoms with van der Waals surface area (Å²) < 4.78 is 28.0. The van der Waals surface area contributed by atoms with Crippen LogP contribution in [-0.2, 0) is 13.8 Å². The summed E-state index contributed by atoms with van der Waals surface area (Å²) in [5.74, 6) is -0.702. The van der Waals surface area contributed by atoms with Crippen molar-refractivity contribution in [1.29, 1.82) is 0 Å². The smallest absolute Gasteiger partial charge is 0.339 e. The third kappa shape index (κ3) is 3.97. The van der Waals surface area contributed by atoms with Gasteiger partial charge >= 0.3 is 5.97 Å². The van der Waals surface area contributed by atoms with E-state index in [0.29, 0.717) is 10.9 Å². The van der Waals surface area contributed by atoms with Gasteiger partial charge in [-0.05, 0) is 24.6 Å². The molecular formula is C10H10BrClO4S. The summed E-state index contributed by atoms with van der Waals surface area (Å²) in [7, 11) is 1.27. The highest BCUT2D eigenvalue weighted by Gasteiger charge is 2.21. The predicted octanol–water partition coefficient (Wildman–Crippen LogP) is 2.94. The van der Waals surface area contributed by atoms with E-state index in [2.05, 4.69) is 15.9 Å². The number of benzene rings is 1. The van der Waals surface area contributed by atoms with Gasteiger partial charge in [0.1, 0.15) is 0 Å². The molecule has 1 rings (SSSR count). The van der Waals surface area contributed by atoms with Crippen LogP contribution in [0.2, 0.25) is 0 Å². The van der Waals surface area contributed by atoms with Gasteiger partial charge in [0.05, 0.1) is 17.1 Å². The molecule has 7 heteroatoms. The zero-order chi connectivity index (χ0) is 13.1. The molecule has 0 saturated heterocycles. The summed E-state index contributed by atoms with van der Waals surface area (Å²) in [6, 6.07) is 4.12. The molecule has 0 amide bonds. The first kappa shape index (κ1) is 14.5. The van der Waals surface area contributed by atoms with E-state index in [-0.39, 0.29) is 17.1 Å². The van der Waals surface area contributed by atoms with E-state index in [1.165, 1.54) is 18.2 Å². The van der Waals surface area contributed by atoms with Crippen molar-refractivity contribution in [2.75, 3.05) is 6.61 Å². The van der Waals surface area contributed by atoms with Crippen molar-refractivity contribution < 1.29 is 17.9 Å². The Bertz CT molecular complexity index is 527. The van der Waals surface area contributed by atoms with E-state index < -0.39 is 15.0 Å². The second-order valence-electron chi connectivity index (χ2n) is 3.21. The minimum atomic E-state index is -3.97. The lowest BCUT2D eigenvalue weighted by Crippen LogP contribution is -2.10. The number of rotatable bonds is 4. The molecule has 0 bridgehead atoms. The van der Waals surface area contributed by atoms with E-state index in [1.807, 2.05) is 6.92 Å². The highest BCUT2D eigenvalue weighted by molar-refractivity contribution is 9.10. The summed E-state index contributed by atoms with van der Waals surface area (Å²) >= 11 is 3.15. The molecule has 0 spiro atoms. The highest BCUT2D eigenvalue weighted by Crippen LogP contribution is 2.24. The molecule has 1 aromatic rings. The highest BCUT2D eigenvalue weighted by atomic mass is 79.9. The second-order valence-corrected chi connectivity index (χ2v) is 6.66. The third-order valence-electron chi connectivity index (χ3n) is 1.86. The largest absolute Gasteiger partial charge is 0.462 e. The minimum absolute atomic E-state index is 0.0668. The summed E-state index contributed by atoms with van der Waals surface area (Å²) in [5.41, 5.74) is -0.0668. The first-order valence-electron chi connectivity index (χ1n) is 4.77. The molecule has 1 aromatic carbocycles. The first-order chi connectivity index (χ1) is 7.86. The van der Waals surface area contributed by atoms with Gasteiger partial charge < -0.3 is 4.74 Å². The molecule has 0 radical (unpaired) electrons. The van der Waals surface area contributed by atoms with Crippen molar-refractivity contribution in [2.45, 2.75) is 18.2 Å². The maximum absolute atomic E-state index is 11.7. The van der Waals surface area contributed by atoms with E-state index >= 15 is 0 Å². The zero-order valence-corrected chi connectivity index (χ0v) is 12.1. The van der Waals surface area contributed by atoms with Gasteiger partial charge in [-0.25, -0.2) is 13.2 Å². The van der Waals surface area contributed by atoms with Crippen LogP contribution in [0.25, 0.3) is 0 Å². The van der Waals surface area contributed by atoms with Crippen LogP contribution in [0.4, 0.5) is 0 Å². The molecule has 0 unspecified atom stereocenters. The lowest BCUT2D eigenvalue weighted by atomic mass is 10.2. The van der Waals surface area contributed by atoms with Crippen LogP contribution in [0.5, 0.6) is 0 Å². The van der Waals surface area contributed by atoms with Crippen molar-refractivity contribution in [3.63, 3.8) is 0 Å². The molecule has 0 heterocycles. The Morgan fingerprint density at radius 2 is 2.12 bits per heavy atom. The molecule has 0 aliphatic carbocycles. The fraction of sp³-hybridized carbons (Fsp3) is 0.300. The SMILES string of the molecule is CCCOC(=O)c1cc(Br)ccc1S(=O)(=O)Cl. The molecule has 0 aliphatic heterocycles. The van der Waals surface area contributed by atoms with Gasteiger partial charge in [-0.3, -0.25) is 0 Å². The van der Waals surface area contributed by atoms with Gasteiger partial charge in [0.15, 0.2) is 0 Å². The summed E-state index contributed by atoms with van der Waals surface area (Å²) in [5, 5.41) is 0. The Balaban J connectivity index is 3.21. The van der Waals surface area contributed by atoms with E-state index in [0.717, 1.165) is 0 Å². The van der Waals surface area contributed by atoms with Gasteiger partial charge in [0.25, 0.3) is 9.05 Å². The van der Waals surface area contributed by atoms with E-state index in [1.54, 1.807) is 0 Å². The summed E-state index contributed by atoms with van der Waals surface area (Å²) in [6.45, 7) is 2.07. The van der Waals surface area contributed by atoms with Crippen LogP contribution < -0.4 is 0 Å². The average molecular weight is 342 g/mol. The molecule has 0 atom stereocenters. The Morgan fingerprint density at radius 3 is 2.65 bits per heavy atom. The van der Waals surface area contributed by atoms with Crippen LogP contribution in [0.1, 0.15) is 23.7 Å². The molecule has 0 saturated carbocycles. The van der Waals surface area contributed by atoms with E-state index in [9.17, 15) is 13.2 Å². The van der Waals surface area contributed by atoms with Crippen LogP contribution in [0.3, 0.4) is 0 Å². The molecule has 17 heavy (non-hydrogen) atoms. The van der Waals surface area contributed by atoms with Crippen molar-refractivity contribution in [3.05, 3.63) is 28.2 Å². The van der Waals surface area contributed by atoms with Gasteiger partial charge in [-0.1, -0.05) is 22.9 Å². The van der Waals surface area contributed by atoms with Crippen LogP contribution >= 0.6 is 26.6 Å². The second kappa shape index (κ2) is 5.84. The zero-order valence-electron chi connectivity index (χ0n) is 8.94. The van der Waals surface area contributed by atoms with Gasteiger partial charge in [-0.2, -0.15) is 0 Å². The molecule has 0 fully saturated rings. The van der Waals surface area contributed by atoms with Crippen molar-refractivity contribution in [3.8, 4) is 0 Å². The quantitative estimate of drug-likeness (QED) is 0.624. The number of halogens is 2. The Hall–Kier alpha value is -0.590. The Kier molecular flexibility index (Phi) is 4.97. The molecule has 4 nitrogen and oxygen atoms in total. The Morgan fingerprint density at radius 1 is 1.47 bits per heavy atom. The minimum Gasteiger partial charge on any atom is -0.462 e. The van der Waals surface area contributed by atoms with Crippen molar-refractivity contribution in [1.82, 2.24) is 0 Å². The number of ether oxygens (including phenoxy) is 1. The predicted molar refractivity (Wildman–Crippen MR) is 67.8 cm³/mol. The van der Waals surface area contributed by atoms with Crippen LogP contribution in [0.15, 0.2) is 27.6 Å². The topological polar surface area (TPSA) is 60.4 Å². The summed E-state index contributed by atoms with van der Waals surface area (Å²) in [4.78, 5) is 11.4. The van der Waals surface area contributed by atoms with Crippen LogP contribution in [-0.4, -0.2) is 21.0 Å². The number of carbonyl (C=O) groups is 1. The number of hydrogen-bond acceptors (Lipinski definition) is 4. The van der Waals surface area contributed by atoms with Crippen molar-refractivity contribution in [2.24, 2.45) is 0 Å². The third-order valence-corrected chi connectivity index (χ3v) is 3.73. The lowest BCUT2D eigenvalue weighted by Gasteiger charge is -2.07. The van der Waals surface area contributed by atoms with Crippen molar-refractivity contribution >= 4 is 41.6 Å². The van der Waals surface area contributed by atoms with Gasteiger partial charge in [0.2, 0.25) is 0 Å². The summed E-state index contributed by atoms with van der Waals surface area (Å²) in [6.07, 6.45) is 0.655. The average Bonchev–Trinajstić information content (AvgIpc) is 2.24. The molecule has 0 aliphatic rings. The van der Waals surface area contributed by atoms with Gasteiger partial charge in [-0.15, -0.1) is 0 Å². The van der Waals surface area contributed by atoms with Crippen LogP contribution in [0, 0.1) is 0 Å². The normalized spacial score (nSPS) is 11.2. The molecular weight excluding hydrogens is 332 g/mol. The maximum atomic E-state index is 11.7. The molecule has 0 aromatic heterocycles.